The Morgan fingerprint density at radius 1 is 1.59 bits per heavy atom. The first-order chi connectivity index (χ1) is 8.10. The van der Waals surface area contributed by atoms with E-state index in [1.807, 2.05) is 31.2 Å². The number of hydrogen-bond acceptors (Lipinski definition) is 3. The molecule has 0 amide bonds. The van der Waals surface area contributed by atoms with Gasteiger partial charge in [-0.3, -0.25) is 4.79 Å². The van der Waals surface area contributed by atoms with Crippen molar-refractivity contribution in [1.82, 2.24) is 0 Å². The Balaban J connectivity index is 2.27. The third-order valence-corrected chi connectivity index (χ3v) is 3.37. The van der Waals surface area contributed by atoms with Crippen LogP contribution >= 0.6 is 0 Å². The van der Waals surface area contributed by atoms with Gasteiger partial charge in [-0.1, -0.05) is 12.1 Å². The van der Waals surface area contributed by atoms with Gasteiger partial charge in [0.05, 0.1) is 6.61 Å². The highest BCUT2D eigenvalue weighted by molar-refractivity contribution is 5.77. The fraction of sp³-hybridized carbons (Fsp3) is 0.462. The van der Waals surface area contributed by atoms with Crippen LogP contribution in [0.3, 0.4) is 0 Å². The summed E-state index contributed by atoms with van der Waals surface area (Å²) in [7, 11) is 0. The van der Waals surface area contributed by atoms with E-state index in [1.165, 1.54) is 0 Å². The minimum absolute atomic E-state index is 0.390. The lowest BCUT2D eigenvalue weighted by atomic mass is 9.88. The van der Waals surface area contributed by atoms with Gasteiger partial charge in [0, 0.05) is 5.41 Å². The van der Waals surface area contributed by atoms with E-state index >= 15 is 0 Å². The Morgan fingerprint density at radius 2 is 2.29 bits per heavy atom. The summed E-state index contributed by atoms with van der Waals surface area (Å²) in [4.78, 5) is 11.0. The highest BCUT2D eigenvalue weighted by atomic mass is 16.5. The summed E-state index contributed by atoms with van der Waals surface area (Å²) in [5.41, 5.74) is 6.35. The van der Waals surface area contributed by atoms with E-state index in [4.69, 9.17) is 15.6 Å². The highest BCUT2D eigenvalue weighted by Gasteiger charge is 2.52. The highest BCUT2D eigenvalue weighted by Crippen LogP contribution is 2.50. The topological polar surface area (TPSA) is 72.5 Å². The third-order valence-electron chi connectivity index (χ3n) is 3.37. The number of ether oxygens (including phenoxy) is 1. The van der Waals surface area contributed by atoms with Crippen LogP contribution in [0.15, 0.2) is 24.3 Å². The first-order valence-electron chi connectivity index (χ1n) is 5.82. The number of benzene rings is 1. The molecule has 1 aliphatic carbocycles. The fourth-order valence-corrected chi connectivity index (χ4v) is 2.21. The number of carbonyl (C=O) groups is 1. The van der Waals surface area contributed by atoms with Crippen LogP contribution in [0.4, 0.5) is 0 Å². The average molecular weight is 235 g/mol. The van der Waals surface area contributed by atoms with E-state index in [0.29, 0.717) is 6.61 Å². The molecule has 0 heterocycles. The molecule has 1 saturated carbocycles. The van der Waals surface area contributed by atoms with Gasteiger partial charge in [0.15, 0.2) is 0 Å². The molecule has 1 fully saturated rings. The Morgan fingerprint density at radius 3 is 2.82 bits per heavy atom. The summed E-state index contributed by atoms with van der Waals surface area (Å²) < 4.78 is 5.42. The minimum Gasteiger partial charge on any atom is -0.494 e. The van der Waals surface area contributed by atoms with Crippen LogP contribution in [0.1, 0.15) is 25.3 Å². The predicted octanol–water partition coefficient (Wildman–Crippen LogP) is 1.53. The van der Waals surface area contributed by atoms with Crippen molar-refractivity contribution in [2.24, 2.45) is 5.73 Å². The summed E-state index contributed by atoms with van der Waals surface area (Å²) in [6.45, 7) is 2.52. The smallest absolute Gasteiger partial charge is 0.321 e. The summed E-state index contributed by atoms with van der Waals surface area (Å²) in [6, 6.07) is 6.75. The molecule has 0 saturated heterocycles. The molecular formula is C13H17NO3. The molecule has 0 radical (unpaired) electrons. The monoisotopic (exact) mass is 235 g/mol. The van der Waals surface area contributed by atoms with E-state index in [-0.39, 0.29) is 5.41 Å². The van der Waals surface area contributed by atoms with Gasteiger partial charge < -0.3 is 15.6 Å². The molecule has 0 spiro atoms. The van der Waals surface area contributed by atoms with Crippen molar-refractivity contribution >= 4 is 5.97 Å². The molecule has 4 nitrogen and oxygen atoms in total. The Labute approximate surface area is 100 Å². The van der Waals surface area contributed by atoms with Crippen LogP contribution in [0, 0.1) is 0 Å². The molecule has 17 heavy (non-hydrogen) atoms. The van der Waals surface area contributed by atoms with Crippen LogP contribution < -0.4 is 10.5 Å². The number of carboxylic acids is 1. The van der Waals surface area contributed by atoms with Crippen molar-refractivity contribution in [3.63, 3.8) is 0 Å². The van der Waals surface area contributed by atoms with E-state index in [2.05, 4.69) is 0 Å². The quantitative estimate of drug-likeness (QED) is 0.811. The second-order valence-electron chi connectivity index (χ2n) is 4.43. The average Bonchev–Trinajstić information content (AvgIpc) is 3.10. The van der Waals surface area contributed by atoms with E-state index < -0.39 is 12.0 Å². The molecule has 0 bridgehead atoms. The summed E-state index contributed by atoms with van der Waals surface area (Å²) in [6.07, 6.45) is 1.66. The molecule has 0 aliphatic heterocycles. The Bertz CT molecular complexity index is 426. The first kappa shape index (κ1) is 11.9. The van der Waals surface area contributed by atoms with Gasteiger partial charge in [0.25, 0.3) is 0 Å². The van der Waals surface area contributed by atoms with Gasteiger partial charge in [-0.2, -0.15) is 0 Å². The van der Waals surface area contributed by atoms with Crippen molar-refractivity contribution in [2.75, 3.05) is 6.61 Å². The zero-order chi connectivity index (χ0) is 12.5. The first-order valence-corrected chi connectivity index (χ1v) is 5.82. The van der Waals surface area contributed by atoms with Gasteiger partial charge in [-0.25, -0.2) is 0 Å². The number of aliphatic carboxylic acids is 1. The Hall–Kier alpha value is -1.55. The number of carboxylic acid groups (broad SMARTS) is 1. The van der Waals surface area contributed by atoms with Crippen LogP contribution in [0.5, 0.6) is 5.75 Å². The molecule has 1 aromatic carbocycles. The van der Waals surface area contributed by atoms with Crippen molar-refractivity contribution in [3.8, 4) is 5.75 Å². The van der Waals surface area contributed by atoms with Crippen molar-refractivity contribution in [1.29, 1.82) is 0 Å². The van der Waals surface area contributed by atoms with Crippen LogP contribution in [-0.2, 0) is 10.2 Å². The summed E-state index contributed by atoms with van der Waals surface area (Å²) in [5.74, 6) is -0.168. The normalized spacial score (nSPS) is 18.5. The predicted molar refractivity (Wildman–Crippen MR) is 64.1 cm³/mol. The van der Waals surface area contributed by atoms with Crippen molar-refractivity contribution < 1.29 is 14.6 Å². The molecule has 3 N–H and O–H groups in total. The minimum atomic E-state index is -0.940. The molecular weight excluding hydrogens is 218 g/mol. The number of nitrogens with two attached hydrogens (primary N) is 1. The molecule has 92 valence electrons. The van der Waals surface area contributed by atoms with Crippen LogP contribution in [0.25, 0.3) is 0 Å². The maximum absolute atomic E-state index is 11.0. The molecule has 1 aliphatic rings. The maximum atomic E-state index is 11.0. The molecule has 1 atom stereocenters. The number of rotatable bonds is 5. The number of hydrogen-bond donors (Lipinski definition) is 2. The second kappa shape index (κ2) is 4.37. The van der Waals surface area contributed by atoms with Crippen molar-refractivity contribution in [2.45, 2.75) is 31.2 Å². The van der Waals surface area contributed by atoms with E-state index in [1.54, 1.807) is 0 Å². The lowest BCUT2D eigenvalue weighted by Gasteiger charge is -2.20. The summed E-state index contributed by atoms with van der Waals surface area (Å²) in [5, 5.41) is 9.04. The van der Waals surface area contributed by atoms with Gasteiger partial charge in [0.2, 0.25) is 0 Å². The molecule has 1 aromatic rings. The third kappa shape index (κ3) is 2.13. The zero-order valence-electron chi connectivity index (χ0n) is 9.85. The zero-order valence-corrected chi connectivity index (χ0v) is 9.85. The summed E-state index contributed by atoms with van der Waals surface area (Å²) >= 11 is 0. The lowest BCUT2D eigenvalue weighted by molar-refractivity contribution is -0.139. The maximum Gasteiger partial charge on any atom is 0.321 e. The van der Waals surface area contributed by atoms with Crippen LogP contribution in [0.2, 0.25) is 0 Å². The molecule has 1 unspecified atom stereocenters. The standard InChI is InChI=1S/C13H17NO3/c1-2-17-10-5-3-4-9(8-10)13(6-7-13)11(14)12(15)16/h3-5,8,11H,2,6-7,14H2,1H3,(H,15,16). The lowest BCUT2D eigenvalue weighted by Crippen LogP contribution is -2.41. The van der Waals surface area contributed by atoms with Gasteiger partial charge >= 0.3 is 5.97 Å². The van der Waals surface area contributed by atoms with Crippen molar-refractivity contribution in [3.05, 3.63) is 29.8 Å². The van der Waals surface area contributed by atoms with Crippen LogP contribution in [-0.4, -0.2) is 23.7 Å². The molecule has 0 aromatic heterocycles. The van der Waals surface area contributed by atoms with E-state index in [0.717, 1.165) is 24.2 Å². The molecule has 4 heteroatoms. The van der Waals surface area contributed by atoms with Gasteiger partial charge in [-0.15, -0.1) is 0 Å². The fourth-order valence-electron chi connectivity index (χ4n) is 2.21. The SMILES string of the molecule is CCOc1cccc(C2(C(N)C(=O)O)CC2)c1. The van der Waals surface area contributed by atoms with Gasteiger partial charge in [-0.05, 0) is 37.5 Å². The molecule has 2 rings (SSSR count). The van der Waals surface area contributed by atoms with Gasteiger partial charge in [0.1, 0.15) is 11.8 Å². The second-order valence-corrected chi connectivity index (χ2v) is 4.43. The van der Waals surface area contributed by atoms with E-state index in [9.17, 15) is 4.79 Å². The Kier molecular flexibility index (Phi) is 3.07. The largest absolute Gasteiger partial charge is 0.494 e.